The molecular weight excluding hydrogens is 190 g/mol. The first-order valence-corrected chi connectivity index (χ1v) is 5.36. The number of aryl methyl sites for hydroxylation is 1. The summed E-state index contributed by atoms with van der Waals surface area (Å²) in [6.45, 7) is 3.48. The molecule has 0 amide bonds. The zero-order valence-electron chi connectivity index (χ0n) is 9.03. The fourth-order valence-corrected chi connectivity index (χ4v) is 1.76. The molecule has 1 saturated heterocycles. The van der Waals surface area contributed by atoms with Crippen molar-refractivity contribution in [3.8, 4) is 5.75 Å². The highest BCUT2D eigenvalue weighted by atomic mass is 16.5. The number of hydrogen-bond acceptors (Lipinski definition) is 3. The van der Waals surface area contributed by atoms with Crippen LogP contribution in [-0.2, 0) is 4.74 Å². The lowest BCUT2D eigenvalue weighted by molar-refractivity contribution is 0.0682. The molecule has 1 aliphatic heterocycles. The van der Waals surface area contributed by atoms with Crippen LogP contribution in [0.4, 0.5) is 5.69 Å². The van der Waals surface area contributed by atoms with Gasteiger partial charge in [0.05, 0.1) is 11.8 Å². The number of hydrogen-bond donors (Lipinski definition) is 1. The second-order valence-corrected chi connectivity index (χ2v) is 3.99. The standard InChI is InChI=1S/C12H17NO2/c1-9-4-5-12(11(13)7-9)15-8-10-3-2-6-14-10/h4-5,7,10H,2-3,6,8,13H2,1H3/t10-/m1/s1. The molecule has 1 fully saturated rings. The summed E-state index contributed by atoms with van der Waals surface area (Å²) in [5.74, 6) is 0.760. The molecule has 2 rings (SSSR count). The van der Waals surface area contributed by atoms with E-state index in [4.69, 9.17) is 15.2 Å². The average molecular weight is 207 g/mol. The van der Waals surface area contributed by atoms with Crippen molar-refractivity contribution in [2.24, 2.45) is 0 Å². The maximum Gasteiger partial charge on any atom is 0.142 e. The van der Waals surface area contributed by atoms with Crippen molar-refractivity contribution in [3.05, 3.63) is 23.8 Å². The summed E-state index contributed by atoms with van der Waals surface area (Å²) in [6.07, 6.45) is 2.47. The van der Waals surface area contributed by atoms with Gasteiger partial charge < -0.3 is 15.2 Å². The molecule has 82 valence electrons. The third kappa shape index (κ3) is 2.63. The van der Waals surface area contributed by atoms with Crippen LogP contribution < -0.4 is 10.5 Å². The normalized spacial score (nSPS) is 20.5. The van der Waals surface area contributed by atoms with Gasteiger partial charge in [0.25, 0.3) is 0 Å². The van der Waals surface area contributed by atoms with Crippen LogP contribution in [0.1, 0.15) is 18.4 Å². The molecule has 0 aromatic heterocycles. The Morgan fingerprint density at radius 1 is 1.53 bits per heavy atom. The fraction of sp³-hybridized carbons (Fsp3) is 0.500. The number of benzene rings is 1. The highest BCUT2D eigenvalue weighted by Gasteiger charge is 2.16. The largest absolute Gasteiger partial charge is 0.489 e. The maximum absolute atomic E-state index is 5.84. The molecular formula is C12H17NO2. The quantitative estimate of drug-likeness (QED) is 0.772. The van der Waals surface area contributed by atoms with Gasteiger partial charge in [-0.05, 0) is 37.5 Å². The monoisotopic (exact) mass is 207 g/mol. The molecule has 1 heterocycles. The average Bonchev–Trinajstić information content (AvgIpc) is 2.69. The van der Waals surface area contributed by atoms with Gasteiger partial charge in [-0.25, -0.2) is 0 Å². The third-order valence-corrected chi connectivity index (χ3v) is 2.61. The molecule has 1 aromatic rings. The molecule has 0 radical (unpaired) electrons. The molecule has 3 nitrogen and oxygen atoms in total. The van der Waals surface area contributed by atoms with Gasteiger partial charge in [0.15, 0.2) is 0 Å². The molecule has 3 heteroatoms. The van der Waals surface area contributed by atoms with Crippen LogP contribution >= 0.6 is 0 Å². The van der Waals surface area contributed by atoms with E-state index in [1.165, 1.54) is 0 Å². The predicted octanol–water partition coefficient (Wildman–Crippen LogP) is 2.14. The minimum Gasteiger partial charge on any atom is -0.489 e. The second-order valence-electron chi connectivity index (χ2n) is 3.99. The van der Waals surface area contributed by atoms with Crippen LogP contribution in [0.2, 0.25) is 0 Å². The van der Waals surface area contributed by atoms with E-state index in [1.54, 1.807) is 0 Å². The van der Waals surface area contributed by atoms with E-state index < -0.39 is 0 Å². The number of rotatable bonds is 3. The Bertz CT molecular complexity index is 332. The lowest BCUT2D eigenvalue weighted by Gasteiger charge is -2.13. The summed E-state index contributed by atoms with van der Waals surface area (Å²) in [4.78, 5) is 0. The van der Waals surface area contributed by atoms with Gasteiger partial charge in [0.1, 0.15) is 12.4 Å². The Kier molecular flexibility index (Phi) is 3.11. The van der Waals surface area contributed by atoms with Crippen molar-refractivity contribution >= 4 is 5.69 Å². The number of ether oxygens (including phenoxy) is 2. The van der Waals surface area contributed by atoms with Crippen molar-refractivity contribution in [1.29, 1.82) is 0 Å². The Labute approximate surface area is 90.2 Å². The Balaban J connectivity index is 1.92. The van der Waals surface area contributed by atoms with Crippen molar-refractivity contribution in [2.45, 2.75) is 25.9 Å². The van der Waals surface area contributed by atoms with E-state index in [1.807, 2.05) is 25.1 Å². The number of nitrogens with two attached hydrogens (primary N) is 1. The summed E-state index contributed by atoms with van der Waals surface area (Å²) in [6, 6.07) is 5.84. The summed E-state index contributed by atoms with van der Waals surface area (Å²) in [5.41, 5.74) is 7.69. The highest BCUT2D eigenvalue weighted by molar-refractivity contribution is 5.53. The van der Waals surface area contributed by atoms with E-state index in [9.17, 15) is 0 Å². The van der Waals surface area contributed by atoms with E-state index in [0.29, 0.717) is 12.3 Å². The van der Waals surface area contributed by atoms with Gasteiger partial charge in [-0.3, -0.25) is 0 Å². The van der Waals surface area contributed by atoms with E-state index in [-0.39, 0.29) is 6.10 Å². The van der Waals surface area contributed by atoms with Gasteiger partial charge in [0, 0.05) is 6.61 Å². The van der Waals surface area contributed by atoms with Crippen LogP contribution in [0, 0.1) is 6.92 Å². The first-order valence-electron chi connectivity index (χ1n) is 5.36. The number of anilines is 1. The van der Waals surface area contributed by atoms with Crippen molar-refractivity contribution in [1.82, 2.24) is 0 Å². The van der Waals surface area contributed by atoms with E-state index in [2.05, 4.69) is 0 Å². The SMILES string of the molecule is Cc1ccc(OC[C@H]2CCCO2)c(N)c1. The summed E-state index contributed by atoms with van der Waals surface area (Å²) >= 11 is 0. The van der Waals surface area contributed by atoms with E-state index >= 15 is 0 Å². The summed E-state index contributed by atoms with van der Waals surface area (Å²) in [7, 11) is 0. The van der Waals surface area contributed by atoms with Crippen LogP contribution in [0.5, 0.6) is 5.75 Å². The molecule has 1 atom stereocenters. The Hall–Kier alpha value is -1.22. The molecule has 0 spiro atoms. The smallest absolute Gasteiger partial charge is 0.142 e. The highest BCUT2D eigenvalue weighted by Crippen LogP contribution is 2.23. The fourth-order valence-electron chi connectivity index (χ4n) is 1.76. The molecule has 15 heavy (non-hydrogen) atoms. The van der Waals surface area contributed by atoms with Crippen molar-refractivity contribution in [3.63, 3.8) is 0 Å². The minimum atomic E-state index is 0.241. The topological polar surface area (TPSA) is 44.5 Å². The molecule has 0 bridgehead atoms. The lowest BCUT2D eigenvalue weighted by Crippen LogP contribution is -2.16. The maximum atomic E-state index is 5.84. The van der Waals surface area contributed by atoms with Gasteiger partial charge in [-0.2, -0.15) is 0 Å². The zero-order valence-corrected chi connectivity index (χ0v) is 9.03. The third-order valence-electron chi connectivity index (χ3n) is 2.61. The van der Waals surface area contributed by atoms with Gasteiger partial charge in [-0.15, -0.1) is 0 Å². The Morgan fingerprint density at radius 2 is 2.40 bits per heavy atom. The first-order chi connectivity index (χ1) is 7.25. The van der Waals surface area contributed by atoms with Crippen LogP contribution in [0.25, 0.3) is 0 Å². The van der Waals surface area contributed by atoms with Crippen LogP contribution in [0.15, 0.2) is 18.2 Å². The zero-order chi connectivity index (χ0) is 10.7. The first kappa shape index (κ1) is 10.3. The second kappa shape index (κ2) is 4.53. The van der Waals surface area contributed by atoms with Crippen molar-refractivity contribution < 1.29 is 9.47 Å². The van der Waals surface area contributed by atoms with Gasteiger partial charge in [-0.1, -0.05) is 6.07 Å². The molecule has 0 unspecified atom stereocenters. The molecule has 1 aromatic carbocycles. The molecule has 0 aliphatic carbocycles. The molecule has 1 aliphatic rings. The molecule has 2 N–H and O–H groups in total. The van der Waals surface area contributed by atoms with E-state index in [0.717, 1.165) is 30.8 Å². The van der Waals surface area contributed by atoms with Gasteiger partial charge >= 0.3 is 0 Å². The van der Waals surface area contributed by atoms with Crippen LogP contribution in [-0.4, -0.2) is 19.3 Å². The van der Waals surface area contributed by atoms with Gasteiger partial charge in [0.2, 0.25) is 0 Å². The van der Waals surface area contributed by atoms with Crippen molar-refractivity contribution in [2.75, 3.05) is 18.9 Å². The Morgan fingerprint density at radius 3 is 3.07 bits per heavy atom. The van der Waals surface area contributed by atoms with Crippen LogP contribution in [0.3, 0.4) is 0 Å². The summed E-state index contributed by atoms with van der Waals surface area (Å²) < 4.78 is 11.1. The molecule has 0 saturated carbocycles. The minimum absolute atomic E-state index is 0.241. The summed E-state index contributed by atoms with van der Waals surface area (Å²) in [5, 5.41) is 0. The number of nitrogen functional groups attached to an aromatic ring is 1. The lowest BCUT2D eigenvalue weighted by atomic mass is 10.2. The predicted molar refractivity (Wildman–Crippen MR) is 60.1 cm³/mol.